The summed E-state index contributed by atoms with van der Waals surface area (Å²) in [4.78, 5) is 3.20. The van der Waals surface area contributed by atoms with Crippen LogP contribution >= 0.6 is 23.5 Å². The van der Waals surface area contributed by atoms with Crippen molar-refractivity contribution in [3.8, 4) is 0 Å². The Bertz CT molecular complexity index is 530. The Hall–Kier alpha value is 0.180. The van der Waals surface area contributed by atoms with Crippen LogP contribution in [0.2, 0.25) is 0 Å². The highest BCUT2D eigenvalue weighted by atomic mass is 32.2. The Morgan fingerprint density at radius 1 is 0.833 bits per heavy atom. The molecular weight excluding hydrogens is 328 g/mol. The second kappa shape index (κ2) is 6.41. The minimum absolute atomic E-state index is 0.848. The Morgan fingerprint density at radius 2 is 1.50 bits per heavy atom. The molecule has 7 unspecified atom stereocenters. The zero-order chi connectivity index (χ0) is 16.3. The van der Waals surface area contributed by atoms with Crippen LogP contribution in [0.25, 0.3) is 0 Å². The molecule has 5 rings (SSSR count). The summed E-state index contributed by atoms with van der Waals surface area (Å²) in [5.74, 6) is 5.96. The van der Waals surface area contributed by atoms with E-state index in [-0.39, 0.29) is 0 Å². The van der Waals surface area contributed by atoms with E-state index >= 15 is 0 Å². The van der Waals surface area contributed by atoms with Gasteiger partial charge in [-0.2, -0.15) is 0 Å². The number of thioether (sulfide) groups is 2. The quantitative estimate of drug-likeness (QED) is 0.538. The van der Waals surface area contributed by atoms with Crippen LogP contribution in [-0.4, -0.2) is 10.5 Å². The maximum Gasteiger partial charge on any atom is 0.0199 e. The first-order valence-electron chi connectivity index (χ1n) is 10.4. The fourth-order valence-corrected chi connectivity index (χ4v) is 10.2. The van der Waals surface area contributed by atoms with Crippen LogP contribution in [0.15, 0.2) is 22.0 Å². The average molecular weight is 361 g/mol. The lowest BCUT2D eigenvalue weighted by molar-refractivity contribution is 0.213. The number of hydrogen-bond donors (Lipinski definition) is 0. The van der Waals surface area contributed by atoms with Gasteiger partial charge in [-0.15, -0.1) is 23.5 Å². The number of hydrogen-bond acceptors (Lipinski definition) is 2. The first-order chi connectivity index (χ1) is 11.7. The SMILES string of the molecule is CC1=CC2C3C=C(C)SC3C(CCC3CCC4CCCCC43)C2S1. The lowest BCUT2D eigenvalue weighted by atomic mass is 9.76. The minimum Gasteiger partial charge on any atom is -0.127 e. The molecule has 0 N–H and O–H groups in total. The largest absolute Gasteiger partial charge is 0.127 e. The van der Waals surface area contributed by atoms with E-state index in [0.717, 1.165) is 46.0 Å². The van der Waals surface area contributed by atoms with Crippen LogP contribution in [0.1, 0.15) is 65.2 Å². The predicted octanol–water partition coefficient (Wildman–Crippen LogP) is 6.88. The molecule has 0 spiro atoms. The molecule has 3 aliphatic carbocycles. The zero-order valence-corrected chi connectivity index (χ0v) is 16.9. The first kappa shape index (κ1) is 16.4. The molecule has 2 aliphatic heterocycles. The Morgan fingerprint density at radius 3 is 2.21 bits per heavy atom. The molecule has 0 aromatic rings. The molecule has 2 heteroatoms. The fraction of sp³-hybridized carbons (Fsp3) is 0.818. The van der Waals surface area contributed by atoms with E-state index in [1.54, 1.807) is 35.5 Å². The fourth-order valence-electron chi connectivity index (χ4n) is 6.94. The molecular formula is C22H32S2. The lowest BCUT2D eigenvalue weighted by Crippen LogP contribution is -2.23. The van der Waals surface area contributed by atoms with Crippen LogP contribution < -0.4 is 0 Å². The van der Waals surface area contributed by atoms with Gasteiger partial charge in [0.25, 0.3) is 0 Å². The van der Waals surface area contributed by atoms with Gasteiger partial charge in [0.2, 0.25) is 0 Å². The summed E-state index contributed by atoms with van der Waals surface area (Å²) in [7, 11) is 0. The third kappa shape index (κ3) is 2.66. The third-order valence-corrected chi connectivity index (χ3v) is 10.8. The van der Waals surface area contributed by atoms with Crippen molar-refractivity contribution in [1.29, 1.82) is 0 Å². The standard InChI is InChI=1S/C22H32S2/c1-13-11-19-20-12-14(2)24-22(20)18(21(19)23-13)10-9-16-8-7-15-5-3-4-6-17(15)16/h11-12,15-22H,3-10H2,1-2H3. The summed E-state index contributed by atoms with van der Waals surface area (Å²) in [6.07, 6.45) is 17.6. The highest BCUT2D eigenvalue weighted by Crippen LogP contribution is 2.61. The number of fused-ring (bicyclic) bond motifs is 4. The summed E-state index contributed by atoms with van der Waals surface area (Å²) in [6, 6.07) is 0. The molecule has 0 bridgehead atoms. The van der Waals surface area contributed by atoms with E-state index in [9.17, 15) is 0 Å². The van der Waals surface area contributed by atoms with E-state index in [4.69, 9.17) is 0 Å². The summed E-state index contributed by atoms with van der Waals surface area (Å²) in [6.45, 7) is 4.69. The van der Waals surface area contributed by atoms with Gasteiger partial charge in [-0.25, -0.2) is 0 Å². The van der Waals surface area contributed by atoms with Crippen molar-refractivity contribution < 1.29 is 0 Å². The summed E-state index contributed by atoms with van der Waals surface area (Å²) < 4.78 is 0. The molecule has 0 aromatic heterocycles. The first-order valence-corrected chi connectivity index (χ1v) is 12.2. The molecule has 0 amide bonds. The van der Waals surface area contributed by atoms with Gasteiger partial charge in [-0.05, 0) is 91.3 Å². The molecule has 2 heterocycles. The second-order valence-electron chi connectivity index (χ2n) is 9.16. The monoisotopic (exact) mass is 360 g/mol. The van der Waals surface area contributed by atoms with Gasteiger partial charge < -0.3 is 0 Å². The predicted molar refractivity (Wildman–Crippen MR) is 108 cm³/mol. The van der Waals surface area contributed by atoms with Gasteiger partial charge in [-0.1, -0.05) is 31.4 Å². The van der Waals surface area contributed by atoms with Crippen LogP contribution in [0.4, 0.5) is 0 Å². The van der Waals surface area contributed by atoms with Crippen LogP contribution in [-0.2, 0) is 0 Å². The average Bonchev–Trinajstić information content (AvgIpc) is 3.28. The maximum atomic E-state index is 2.62. The van der Waals surface area contributed by atoms with Gasteiger partial charge in [0.15, 0.2) is 0 Å². The molecule has 7 atom stereocenters. The Labute approximate surface area is 156 Å². The van der Waals surface area contributed by atoms with Crippen molar-refractivity contribution in [1.82, 2.24) is 0 Å². The summed E-state index contributed by atoms with van der Waals surface area (Å²) >= 11 is 4.45. The van der Waals surface area contributed by atoms with Crippen molar-refractivity contribution in [3.05, 3.63) is 22.0 Å². The van der Waals surface area contributed by atoms with Crippen molar-refractivity contribution >= 4 is 23.5 Å². The second-order valence-corrected chi connectivity index (χ2v) is 12.0. The van der Waals surface area contributed by atoms with Gasteiger partial charge in [0.1, 0.15) is 0 Å². The lowest BCUT2D eigenvalue weighted by Gasteiger charge is -2.31. The van der Waals surface area contributed by atoms with Crippen molar-refractivity contribution in [2.24, 2.45) is 35.5 Å². The number of allylic oxidation sites excluding steroid dienone is 4. The van der Waals surface area contributed by atoms with E-state index in [1.807, 2.05) is 0 Å². The van der Waals surface area contributed by atoms with E-state index < -0.39 is 0 Å². The molecule has 0 aromatic carbocycles. The van der Waals surface area contributed by atoms with Crippen LogP contribution in [0, 0.1) is 35.5 Å². The Balaban J connectivity index is 1.27. The summed E-state index contributed by atoms with van der Waals surface area (Å²) in [5, 5.41) is 1.81. The topological polar surface area (TPSA) is 0 Å². The molecule has 5 aliphatic rings. The highest BCUT2D eigenvalue weighted by molar-refractivity contribution is 8.05. The smallest absolute Gasteiger partial charge is 0.0199 e. The molecule has 0 saturated heterocycles. The molecule has 0 nitrogen and oxygen atoms in total. The van der Waals surface area contributed by atoms with Crippen molar-refractivity contribution in [2.45, 2.75) is 75.7 Å². The van der Waals surface area contributed by atoms with Gasteiger partial charge in [0, 0.05) is 10.5 Å². The molecule has 0 radical (unpaired) electrons. The molecule has 3 saturated carbocycles. The van der Waals surface area contributed by atoms with E-state index in [2.05, 4.69) is 49.5 Å². The van der Waals surface area contributed by atoms with E-state index in [0.29, 0.717) is 0 Å². The van der Waals surface area contributed by atoms with E-state index in [1.165, 1.54) is 25.7 Å². The van der Waals surface area contributed by atoms with Crippen molar-refractivity contribution in [3.63, 3.8) is 0 Å². The van der Waals surface area contributed by atoms with Gasteiger partial charge in [-0.3, -0.25) is 0 Å². The third-order valence-electron chi connectivity index (χ3n) is 7.90. The maximum absolute atomic E-state index is 2.62. The Kier molecular flexibility index (Phi) is 4.37. The van der Waals surface area contributed by atoms with Gasteiger partial charge in [0.05, 0.1) is 0 Å². The normalized spacial score (nSPS) is 49.6. The van der Waals surface area contributed by atoms with Crippen LogP contribution in [0.5, 0.6) is 0 Å². The summed E-state index contributed by atoms with van der Waals surface area (Å²) in [5.41, 5.74) is 0. The van der Waals surface area contributed by atoms with Crippen molar-refractivity contribution in [2.75, 3.05) is 0 Å². The number of rotatable bonds is 3. The molecule has 132 valence electrons. The minimum atomic E-state index is 0.848. The van der Waals surface area contributed by atoms with Gasteiger partial charge >= 0.3 is 0 Å². The molecule has 3 fully saturated rings. The van der Waals surface area contributed by atoms with Crippen LogP contribution in [0.3, 0.4) is 0 Å². The molecule has 24 heavy (non-hydrogen) atoms. The highest BCUT2D eigenvalue weighted by Gasteiger charge is 2.53. The zero-order valence-electron chi connectivity index (χ0n) is 15.2.